The van der Waals surface area contributed by atoms with Gasteiger partial charge < -0.3 is 25.5 Å². The third kappa shape index (κ3) is 13.1. The fourth-order valence-corrected chi connectivity index (χ4v) is 0.747. The van der Waals surface area contributed by atoms with Crippen LogP contribution >= 0.6 is 0 Å². The van der Waals surface area contributed by atoms with Crippen LogP contribution in [0.1, 0.15) is 13.3 Å². The monoisotopic (exact) mass is 304 g/mol. The maximum atomic E-state index is 10.2. The molecule has 0 aromatic carbocycles. The topological polar surface area (TPSA) is 186 Å². The van der Waals surface area contributed by atoms with E-state index in [1.54, 1.807) is 0 Å². The second kappa shape index (κ2) is 9.72. The first-order chi connectivity index (χ1) is 9.47. The quantitative estimate of drug-likeness (QED) is 0.406. The molecule has 0 saturated heterocycles. The molecule has 0 aliphatic rings. The second-order valence-electron chi connectivity index (χ2n) is 3.35. The van der Waals surface area contributed by atoms with Crippen molar-refractivity contribution in [2.45, 2.75) is 13.3 Å². The van der Waals surface area contributed by atoms with Gasteiger partial charge in [-0.15, -0.1) is 0 Å². The Morgan fingerprint density at radius 3 is 1.38 bits per heavy atom. The SMILES string of the molecule is C/C(=C\C(=O)O)C(=O)O.O=C(O)/C=C(/CC(=O)O)C(=O)O. The Bertz CT molecular complexity index is 511. The number of carboxylic acids is 5. The van der Waals surface area contributed by atoms with Crippen LogP contribution in [-0.4, -0.2) is 55.4 Å². The van der Waals surface area contributed by atoms with Crippen molar-refractivity contribution < 1.29 is 49.5 Å². The number of carbonyl (C=O) groups is 5. The third-order valence-corrected chi connectivity index (χ3v) is 1.59. The first-order valence-electron chi connectivity index (χ1n) is 5.00. The second-order valence-corrected chi connectivity index (χ2v) is 3.35. The Labute approximate surface area is 117 Å². The van der Waals surface area contributed by atoms with E-state index in [4.69, 9.17) is 25.5 Å². The molecule has 0 aliphatic heterocycles. The minimum absolute atomic E-state index is 0.178. The van der Waals surface area contributed by atoms with Gasteiger partial charge in [-0.2, -0.15) is 0 Å². The zero-order chi connectivity index (χ0) is 17.2. The Balaban J connectivity index is 0. The molecule has 0 aromatic rings. The van der Waals surface area contributed by atoms with E-state index in [9.17, 15) is 24.0 Å². The summed E-state index contributed by atoms with van der Waals surface area (Å²) >= 11 is 0. The summed E-state index contributed by atoms with van der Waals surface area (Å²) in [5.74, 6) is -6.86. The summed E-state index contributed by atoms with van der Waals surface area (Å²) in [6.45, 7) is 1.22. The van der Waals surface area contributed by atoms with Gasteiger partial charge in [0.05, 0.1) is 12.0 Å². The Morgan fingerprint density at radius 2 is 1.19 bits per heavy atom. The van der Waals surface area contributed by atoms with E-state index in [0.717, 1.165) is 0 Å². The molecule has 116 valence electrons. The molecular formula is C11H12O10. The third-order valence-electron chi connectivity index (χ3n) is 1.59. The summed E-state index contributed by atoms with van der Waals surface area (Å²) in [5, 5.41) is 40.6. The van der Waals surface area contributed by atoms with Crippen molar-refractivity contribution in [3.8, 4) is 0 Å². The van der Waals surface area contributed by atoms with Gasteiger partial charge in [0.1, 0.15) is 0 Å². The molecule has 0 saturated carbocycles. The molecule has 0 aliphatic carbocycles. The molecule has 0 heterocycles. The lowest BCUT2D eigenvalue weighted by atomic mass is 10.2. The van der Waals surface area contributed by atoms with Gasteiger partial charge >= 0.3 is 29.8 Å². The molecule has 10 nitrogen and oxygen atoms in total. The lowest BCUT2D eigenvalue weighted by Crippen LogP contribution is -2.08. The van der Waals surface area contributed by atoms with Gasteiger partial charge in [0.2, 0.25) is 0 Å². The molecule has 0 spiro atoms. The summed E-state index contributed by atoms with van der Waals surface area (Å²) in [4.78, 5) is 49.8. The van der Waals surface area contributed by atoms with Gasteiger partial charge in [0.15, 0.2) is 0 Å². The summed E-state index contributed by atoms with van der Waals surface area (Å²) in [6.07, 6.45) is 0.195. The summed E-state index contributed by atoms with van der Waals surface area (Å²) in [5.41, 5.74) is -0.836. The minimum atomic E-state index is -1.54. The lowest BCUT2D eigenvalue weighted by Gasteiger charge is -1.94. The summed E-state index contributed by atoms with van der Waals surface area (Å²) in [6, 6.07) is 0. The highest BCUT2D eigenvalue weighted by Gasteiger charge is 2.12. The zero-order valence-corrected chi connectivity index (χ0v) is 10.6. The van der Waals surface area contributed by atoms with Crippen LogP contribution in [0.2, 0.25) is 0 Å². The van der Waals surface area contributed by atoms with Crippen LogP contribution in [0.5, 0.6) is 0 Å². The molecule has 0 aromatic heterocycles. The van der Waals surface area contributed by atoms with Crippen LogP contribution in [0, 0.1) is 0 Å². The Kier molecular flexibility index (Phi) is 9.33. The molecule has 0 unspecified atom stereocenters. The molecular weight excluding hydrogens is 292 g/mol. The van der Waals surface area contributed by atoms with Crippen molar-refractivity contribution in [1.29, 1.82) is 0 Å². The van der Waals surface area contributed by atoms with E-state index < -0.39 is 41.8 Å². The number of hydrogen-bond donors (Lipinski definition) is 5. The molecule has 0 amide bonds. The first-order valence-corrected chi connectivity index (χ1v) is 5.00. The van der Waals surface area contributed by atoms with Crippen molar-refractivity contribution in [3.63, 3.8) is 0 Å². The van der Waals surface area contributed by atoms with Gasteiger partial charge in [-0.1, -0.05) is 0 Å². The van der Waals surface area contributed by atoms with Gasteiger partial charge in [0.25, 0.3) is 0 Å². The van der Waals surface area contributed by atoms with Crippen LogP contribution < -0.4 is 0 Å². The van der Waals surface area contributed by atoms with Crippen LogP contribution in [0.15, 0.2) is 23.3 Å². The molecule has 0 rings (SSSR count). The summed E-state index contributed by atoms with van der Waals surface area (Å²) < 4.78 is 0. The molecule has 0 radical (unpaired) electrons. The Hall–Kier alpha value is -3.17. The number of rotatable bonds is 6. The highest BCUT2D eigenvalue weighted by Crippen LogP contribution is 2.00. The standard InChI is InChI=1S/C6H6O6.C5H6O4/c7-4(8)1-3(6(11)12)2-5(9)10;1-3(5(8)9)2-4(6)7/h1H,2H2,(H,7,8)(H,9,10)(H,11,12);2H,1H3,(H,6,7)(H,8,9)/b3-1-;3-2+. The van der Waals surface area contributed by atoms with Crippen molar-refractivity contribution in [2.75, 3.05) is 0 Å². The smallest absolute Gasteiger partial charge is 0.332 e. The fourth-order valence-electron chi connectivity index (χ4n) is 0.747. The van der Waals surface area contributed by atoms with E-state index >= 15 is 0 Å². The Morgan fingerprint density at radius 1 is 0.762 bits per heavy atom. The van der Waals surface area contributed by atoms with Gasteiger partial charge in [-0.25, -0.2) is 19.2 Å². The molecule has 0 fully saturated rings. The van der Waals surface area contributed by atoms with E-state index in [1.807, 2.05) is 0 Å². The first kappa shape index (κ1) is 20.2. The average Bonchev–Trinajstić information content (AvgIpc) is 2.26. The van der Waals surface area contributed by atoms with Crippen molar-refractivity contribution in [2.24, 2.45) is 0 Å². The average molecular weight is 304 g/mol. The van der Waals surface area contributed by atoms with Gasteiger partial charge in [0, 0.05) is 17.7 Å². The largest absolute Gasteiger partial charge is 0.481 e. The van der Waals surface area contributed by atoms with Crippen molar-refractivity contribution in [1.82, 2.24) is 0 Å². The van der Waals surface area contributed by atoms with Crippen LogP contribution in [0.4, 0.5) is 0 Å². The van der Waals surface area contributed by atoms with Crippen LogP contribution in [0.3, 0.4) is 0 Å². The van der Waals surface area contributed by atoms with Crippen molar-refractivity contribution >= 4 is 29.8 Å². The molecule has 0 atom stereocenters. The van der Waals surface area contributed by atoms with E-state index in [-0.39, 0.29) is 5.57 Å². The maximum Gasteiger partial charge on any atom is 0.332 e. The fraction of sp³-hybridized carbons (Fsp3) is 0.182. The minimum Gasteiger partial charge on any atom is -0.481 e. The molecule has 21 heavy (non-hydrogen) atoms. The highest BCUT2D eigenvalue weighted by atomic mass is 16.4. The van der Waals surface area contributed by atoms with E-state index in [1.165, 1.54) is 6.92 Å². The lowest BCUT2D eigenvalue weighted by molar-refractivity contribution is -0.140. The predicted molar refractivity (Wildman–Crippen MR) is 64.6 cm³/mol. The van der Waals surface area contributed by atoms with Crippen LogP contribution in [0.25, 0.3) is 0 Å². The van der Waals surface area contributed by atoms with Crippen molar-refractivity contribution in [3.05, 3.63) is 23.3 Å². The summed E-state index contributed by atoms with van der Waals surface area (Å²) in [7, 11) is 0. The number of hydrogen-bond acceptors (Lipinski definition) is 5. The highest BCUT2D eigenvalue weighted by molar-refractivity contribution is 5.98. The molecule has 0 bridgehead atoms. The number of aliphatic carboxylic acids is 5. The zero-order valence-electron chi connectivity index (χ0n) is 10.6. The molecule has 10 heteroatoms. The molecule has 5 N–H and O–H groups in total. The maximum absolute atomic E-state index is 10.2. The van der Waals surface area contributed by atoms with E-state index in [2.05, 4.69) is 0 Å². The normalized spacial score (nSPS) is 10.9. The van der Waals surface area contributed by atoms with Crippen LogP contribution in [-0.2, 0) is 24.0 Å². The van der Waals surface area contributed by atoms with Gasteiger partial charge in [-0.3, -0.25) is 4.79 Å². The van der Waals surface area contributed by atoms with Gasteiger partial charge in [-0.05, 0) is 6.92 Å². The van der Waals surface area contributed by atoms with E-state index in [0.29, 0.717) is 12.2 Å². The number of carboxylic acid groups (broad SMARTS) is 5. The predicted octanol–water partition coefficient (Wildman–Crippen LogP) is -0.341.